The largest absolute Gasteiger partial charge is 0.491 e. The van der Waals surface area contributed by atoms with E-state index < -0.39 is 0 Å². The predicted octanol–water partition coefficient (Wildman–Crippen LogP) is 1.82. The van der Waals surface area contributed by atoms with Gasteiger partial charge in [-0.05, 0) is 24.3 Å². The zero-order valence-corrected chi connectivity index (χ0v) is 20.5. The highest BCUT2D eigenvalue weighted by molar-refractivity contribution is 5.91. The number of nitrogens with one attached hydrogen (secondary N) is 1. The number of fused-ring (bicyclic) bond motifs is 1. The second-order valence-corrected chi connectivity index (χ2v) is 8.78. The van der Waals surface area contributed by atoms with Gasteiger partial charge in [0.15, 0.2) is 23.0 Å². The van der Waals surface area contributed by atoms with E-state index in [0.29, 0.717) is 74.6 Å². The molecule has 11 nitrogen and oxygen atoms in total. The average Bonchev–Trinajstić information content (AvgIpc) is 3.45. The molecular formula is C26H28N4O7. The van der Waals surface area contributed by atoms with Gasteiger partial charge in [0.25, 0.3) is 5.91 Å². The lowest BCUT2D eigenvalue weighted by molar-refractivity contribution is -0.116. The molecule has 1 N–H and O–H groups in total. The molecular weight excluding hydrogens is 480 g/mol. The second-order valence-electron chi connectivity index (χ2n) is 8.78. The number of carbonyl (C=O) groups is 2. The smallest absolute Gasteiger partial charge is 0.289 e. The van der Waals surface area contributed by atoms with Crippen LogP contribution in [0, 0.1) is 0 Å². The minimum atomic E-state index is -0.266. The molecule has 1 saturated heterocycles. The topological polar surface area (TPSA) is 115 Å². The molecule has 0 aliphatic carbocycles. The van der Waals surface area contributed by atoms with Crippen LogP contribution in [0.25, 0.3) is 0 Å². The van der Waals surface area contributed by atoms with E-state index >= 15 is 0 Å². The van der Waals surface area contributed by atoms with Gasteiger partial charge in [-0.1, -0.05) is 0 Å². The highest BCUT2D eigenvalue weighted by Crippen LogP contribution is 2.32. The first-order chi connectivity index (χ1) is 18.0. The van der Waals surface area contributed by atoms with Gasteiger partial charge in [-0.15, -0.1) is 0 Å². The molecule has 2 aromatic heterocycles. The number of aromatic nitrogens is 1. The number of carbonyl (C=O) groups excluding carboxylic acids is 2. The van der Waals surface area contributed by atoms with E-state index in [4.69, 9.17) is 18.6 Å². The number of ether oxygens (including phenoxy) is 3. The SMILES string of the molecule is COc1cn(CC(=O)Nc2ccc3c(c2)OCCO3)c(CN2CCN(C(=O)c3ccco3)CC2)cc1=O. The first kappa shape index (κ1) is 24.4. The van der Waals surface area contributed by atoms with Gasteiger partial charge in [-0.25, -0.2) is 0 Å². The summed E-state index contributed by atoms with van der Waals surface area (Å²) in [6.45, 7) is 3.68. The summed E-state index contributed by atoms with van der Waals surface area (Å²) in [5.41, 5.74) is 1.00. The lowest BCUT2D eigenvalue weighted by Gasteiger charge is -2.34. The van der Waals surface area contributed by atoms with Crippen molar-refractivity contribution in [3.05, 3.63) is 70.5 Å². The Kier molecular flexibility index (Phi) is 7.13. The minimum absolute atomic E-state index is 0.0165. The highest BCUT2D eigenvalue weighted by Gasteiger charge is 2.24. The van der Waals surface area contributed by atoms with Crippen LogP contribution < -0.4 is 25.0 Å². The summed E-state index contributed by atoms with van der Waals surface area (Å²) >= 11 is 0. The molecule has 1 aromatic carbocycles. The van der Waals surface area contributed by atoms with Crippen LogP contribution in [0.2, 0.25) is 0 Å². The molecule has 2 amide bonds. The van der Waals surface area contributed by atoms with Gasteiger partial charge < -0.3 is 33.4 Å². The summed E-state index contributed by atoms with van der Waals surface area (Å²) in [7, 11) is 1.42. The van der Waals surface area contributed by atoms with E-state index in [1.165, 1.54) is 19.4 Å². The number of nitrogens with zero attached hydrogens (tertiary/aromatic N) is 3. The molecule has 11 heteroatoms. The zero-order chi connectivity index (χ0) is 25.8. The molecule has 0 spiro atoms. The van der Waals surface area contributed by atoms with E-state index in [0.717, 1.165) is 0 Å². The Hall–Kier alpha value is -4.25. The summed E-state index contributed by atoms with van der Waals surface area (Å²) in [6, 6.07) is 10.1. The van der Waals surface area contributed by atoms with Gasteiger partial charge in [0.2, 0.25) is 11.3 Å². The third-order valence-corrected chi connectivity index (χ3v) is 6.32. The van der Waals surface area contributed by atoms with E-state index in [1.807, 2.05) is 0 Å². The van der Waals surface area contributed by atoms with Crippen LogP contribution in [0.3, 0.4) is 0 Å². The minimum Gasteiger partial charge on any atom is -0.491 e. The zero-order valence-electron chi connectivity index (χ0n) is 20.5. The Morgan fingerprint density at radius 1 is 1.03 bits per heavy atom. The van der Waals surface area contributed by atoms with Crippen molar-refractivity contribution < 1.29 is 28.2 Å². The van der Waals surface area contributed by atoms with Crippen molar-refractivity contribution in [2.45, 2.75) is 13.1 Å². The lowest BCUT2D eigenvalue weighted by Crippen LogP contribution is -2.48. The van der Waals surface area contributed by atoms with Gasteiger partial charge in [0, 0.05) is 56.2 Å². The van der Waals surface area contributed by atoms with Crippen LogP contribution in [0.5, 0.6) is 17.2 Å². The van der Waals surface area contributed by atoms with E-state index in [1.54, 1.807) is 46.0 Å². The summed E-state index contributed by atoms with van der Waals surface area (Å²) in [5, 5.41) is 2.87. The van der Waals surface area contributed by atoms with Gasteiger partial charge in [0.05, 0.1) is 19.6 Å². The second kappa shape index (κ2) is 10.8. The Bertz CT molecular complexity index is 1330. The molecule has 1 fully saturated rings. The molecule has 2 aliphatic heterocycles. The van der Waals surface area contributed by atoms with Crippen LogP contribution in [-0.4, -0.2) is 72.7 Å². The molecule has 0 bridgehead atoms. The fourth-order valence-electron chi connectivity index (χ4n) is 4.40. The summed E-state index contributed by atoms with van der Waals surface area (Å²) in [6.07, 6.45) is 3.04. The lowest BCUT2D eigenvalue weighted by atomic mass is 10.2. The van der Waals surface area contributed by atoms with Crippen LogP contribution in [-0.2, 0) is 17.9 Å². The number of amides is 2. The number of hydrogen-bond acceptors (Lipinski definition) is 8. The Labute approximate surface area is 213 Å². The monoisotopic (exact) mass is 508 g/mol. The van der Waals surface area contributed by atoms with Crippen LogP contribution in [0.4, 0.5) is 5.69 Å². The van der Waals surface area contributed by atoms with Crippen LogP contribution >= 0.6 is 0 Å². The van der Waals surface area contributed by atoms with Crippen molar-refractivity contribution in [1.29, 1.82) is 0 Å². The summed E-state index contributed by atoms with van der Waals surface area (Å²) < 4.78 is 23.3. The van der Waals surface area contributed by atoms with Crippen LogP contribution in [0.1, 0.15) is 16.2 Å². The first-order valence-corrected chi connectivity index (χ1v) is 12.0. The number of hydrogen-bond donors (Lipinski definition) is 1. The maximum absolute atomic E-state index is 12.9. The number of furan rings is 1. The Balaban J connectivity index is 1.25. The molecule has 0 saturated carbocycles. The maximum Gasteiger partial charge on any atom is 0.289 e. The fourth-order valence-corrected chi connectivity index (χ4v) is 4.40. The molecule has 37 heavy (non-hydrogen) atoms. The van der Waals surface area contributed by atoms with Crippen molar-refractivity contribution in [3.63, 3.8) is 0 Å². The molecule has 5 rings (SSSR count). The average molecular weight is 509 g/mol. The standard InChI is InChI=1S/C26H28N4O7/c1-34-24-16-30(17-25(32)27-18-4-5-21-23(13-18)37-12-11-36-21)19(14-20(24)31)15-28-6-8-29(9-7-28)26(33)22-3-2-10-35-22/h2-5,10,13-14,16H,6-9,11-12,15,17H2,1H3,(H,27,32). The highest BCUT2D eigenvalue weighted by atomic mass is 16.6. The van der Waals surface area contributed by atoms with E-state index in [9.17, 15) is 14.4 Å². The molecule has 0 atom stereocenters. The number of piperazine rings is 1. The number of methoxy groups -OCH3 is 1. The Morgan fingerprint density at radius 3 is 2.54 bits per heavy atom. The fraction of sp³-hybridized carbons (Fsp3) is 0.346. The molecule has 3 aromatic rings. The van der Waals surface area contributed by atoms with Crippen molar-refractivity contribution in [3.8, 4) is 17.2 Å². The third kappa shape index (κ3) is 5.61. The molecule has 0 unspecified atom stereocenters. The normalized spacial score (nSPS) is 15.3. The van der Waals surface area contributed by atoms with Gasteiger partial charge in [0.1, 0.15) is 19.8 Å². The van der Waals surface area contributed by atoms with Crippen LogP contribution in [0.15, 0.2) is 58.1 Å². The number of anilines is 1. The summed E-state index contributed by atoms with van der Waals surface area (Å²) in [4.78, 5) is 41.9. The van der Waals surface area contributed by atoms with E-state index in [2.05, 4.69) is 10.2 Å². The van der Waals surface area contributed by atoms with Crippen molar-refractivity contribution in [2.75, 3.05) is 51.8 Å². The quantitative estimate of drug-likeness (QED) is 0.514. The molecule has 2 aliphatic rings. The number of rotatable bonds is 7. The first-order valence-electron chi connectivity index (χ1n) is 12.0. The Morgan fingerprint density at radius 2 is 1.81 bits per heavy atom. The van der Waals surface area contributed by atoms with Crippen molar-refractivity contribution in [1.82, 2.24) is 14.4 Å². The van der Waals surface area contributed by atoms with Crippen molar-refractivity contribution >= 4 is 17.5 Å². The molecule has 4 heterocycles. The number of benzene rings is 1. The summed E-state index contributed by atoms with van der Waals surface area (Å²) in [5.74, 6) is 1.30. The van der Waals surface area contributed by atoms with E-state index in [-0.39, 0.29) is 29.5 Å². The van der Waals surface area contributed by atoms with Gasteiger partial charge >= 0.3 is 0 Å². The van der Waals surface area contributed by atoms with Gasteiger partial charge in [-0.3, -0.25) is 19.3 Å². The van der Waals surface area contributed by atoms with Gasteiger partial charge in [-0.2, -0.15) is 0 Å². The number of pyridine rings is 1. The molecule has 0 radical (unpaired) electrons. The molecule has 194 valence electrons. The maximum atomic E-state index is 12.9. The third-order valence-electron chi connectivity index (χ3n) is 6.32. The van der Waals surface area contributed by atoms with Crippen molar-refractivity contribution in [2.24, 2.45) is 0 Å². The predicted molar refractivity (Wildman–Crippen MR) is 133 cm³/mol.